The van der Waals surface area contributed by atoms with Crippen molar-refractivity contribution in [1.82, 2.24) is 14.8 Å². The van der Waals surface area contributed by atoms with Crippen molar-refractivity contribution in [1.29, 1.82) is 5.26 Å². The molecule has 0 fully saturated rings. The first-order valence-corrected chi connectivity index (χ1v) is 10.8. The van der Waals surface area contributed by atoms with Gasteiger partial charge in [-0.25, -0.2) is 9.78 Å². The molecule has 7 nitrogen and oxygen atoms in total. The predicted molar refractivity (Wildman–Crippen MR) is 119 cm³/mol. The van der Waals surface area contributed by atoms with E-state index in [2.05, 4.69) is 38.7 Å². The van der Waals surface area contributed by atoms with Crippen molar-refractivity contribution in [2.75, 3.05) is 0 Å². The Balaban J connectivity index is 1.62. The smallest absolute Gasteiger partial charge is 0.435 e. The minimum absolute atomic E-state index is 0.120. The first-order valence-electron chi connectivity index (χ1n) is 9.72. The Bertz CT molecular complexity index is 1170. The quantitative estimate of drug-likeness (QED) is 0.438. The molecule has 0 amide bonds. The number of benzene rings is 1. The highest BCUT2D eigenvalue weighted by atomic mass is 127. The van der Waals surface area contributed by atoms with Gasteiger partial charge in [-0.05, 0) is 92.5 Å². The third kappa shape index (κ3) is 4.12. The van der Waals surface area contributed by atoms with E-state index in [9.17, 15) is 4.79 Å². The van der Waals surface area contributed by atoms with Crippen LogP contribution in [0.5, 0.6) is 5.75 Å². The fraction of sp³-hybridized carbons (Fsp3) is 0.364. The molecule has 0 aliphatic heterocycles. The van der Waals surface area contributed by atoms with Gasteiger partial charge in [0.1, 0.15) is 32.9 Å². The summed E-state index contributed by atoms with van der Waals surface area (Å²) in [4.78, 5) is 16.7. The number of nitrogens with zero attached hydrogens (tertiary/aromatic N) is 4. The molecule has 1 aromatic carbocycles. The lowest BCUT2D eigenvalue weighted by atomic mass is 9.90. The number of carbonyl (C=O) groups is 1. The highest BCUT2D eigenvalue weighted by Crippen LogP contribution is 2.35. The van der Waals surface area contributed by atoms with Crippen LogP contribution < -0.4 is 4.74 Å². The number of hydrogen-bond acceptors (Lipinski definition) is 6. The number of pyridine rings is 1. The zero-order valence-electron chi connectivity index (χ0n) is 17.0. The Morgan fingerprint density at radius 1 is 1.33 bits per heavy atom. The van der Waals surface area contributed by atoms with Crippen LogP contribution in [-0.4, -0.2) is 26.5 Å². The Kier molecular flexibility index (Phi) is 5.40. The van der Waals surface area contributed by atoms with Crippen LogP contribution in [0.3, 0.4) is 0 Å². The Labute approximate surface area is 188 Å². The second-order valence-electron chi connectivity index (χ2n) is 8.24. The molecule has 1 aliphatic rings. The van der Waals surface area contributed by atoms with E-state index in [4.69, 9.17) is 14.7 Å². The zero-order chi connectivity index (χ0) is 21.5. The van der Waals surface area contributed by atoms with Crippen LogP contribution in [0.15, 0.2) is 30.5 Å². The van der Waals surface area contributed by atoms with E-state index in [1.165, 1.54) is 4.68 Å². The standard InChI is InChI=1S/C22H21IN4O3/c1-22(2,3)30-21(28)27-18-8-7-15(10-16(18)20(23)26-27)29-19-6-4-5-13-9-14(11-24)25-12-17(13)19/h7-10,12,19H,4-6H2,1-3H3. The maximum atomic E-state index is 12.5. The molecule has 0 saturated heterocycles. The lowest BCUT2D eigenvalue weighted by Crippen LogP contribution is -2.27. The molecule has 1 atom stereocenters. The van der Waals surface area contributed by atoms with Gasteiger partial charge in [-0.3, -0.25) is 0 Å². The third-order valence-electron chi connectivity index (χ3n) is 4.85. The number of aryl methyl sites for hydroxylation is 1. The van der Waals surface area contributed by atoms with Gasteiger partial charge < -0.3 is 9.47 Å². The van der Waals surface area contributed by atoms with Crippen LogP contribution in [0.1, 0.15) is 56.5 Å². The second kappa shape index (κ2) is 7.87. The number of rotatable bonds is 2. The van der Waals surface area contributed by atoms with Crippen molar-refractivity contribution in [3.05, 3.63) is 51.0 Å². The van der Waals surface area contributed by atoms with E-state index in [1.807, 2.05) is 45.0 Å². The predicted octanol–water partition coefficient (Wildman–Crippen LogP) is 5.15. The van der Waals surface area contributed by atoms with Crippen LogP contribution in [0.25, 0.3) is 10.9 Å². The monoisotopic (exact) mass is 516 g/mol. The highest BCUT2D eigenvalue weighted by molar-refractivity contribution is 14.1. The molecule has 30 heavy (non-hydrogen) atoms. The largest absolute Gasteiger partial charge is 0.486 e. The lowest BCUT2D eigenvalue weighted by Gasteiger charge is -2.26. The van der Waals surface area contributed by atoms with Crippen LogP contribution in [0.4, 0.5) is 4.79 Å². The minimum atomic E-state index is -0.600. The van der Waals surface area contributed by atoms with Gasteiger partial charge in [-0.1, -0.05) is 0 Å². The van der Waals surface area contributed by atoms with E-state index >= 15 is 0 Å². The molecule has 0 N–H and O–H groups in total. The first kappa shape index (κ1) is 20.6. The number of carbonyl (C=O) groups excluding carboxylic acids is 1. The summed E-state index contributed by atoms with van der Waals surface area (Å²) >= 11 is 2.11. The van der Waals surface area contributed by atoms with Gasteiger partial charge in [0.25, 0.3) is 0 Å². The average molecular weight is 516 g/mol. The van der Waals surface area contributed by atoms with E-state index in [0.717, 1.165) is 35.8 Å². The van der Waals surface area contributed by atoms with Gasteiger partial charge in [-0.2, -0.15) is 15.0 Å². The normalized spacial score (nSPS) is 16.0. The minimum Gasteiger partial charge on any atom is -0.486 e. The van der Waals surface area contributed by atoms with E-state index in [1.54, 1.807) is 6.20 Å². The molecule has 4 rings (SSSR count). The number of nitriles is 1. The van der Waals surface area contributed by atoms with Crippen molar-refractivity contribution in [3.63, 3.8) is 0 Å². The van der Waals surface area contributed by atoms with E-state index in [0.29, 0.717) is 20.7 Å². The number of ether oxygens (including phenoxy) is 2. The summed E-state index contributed by atoms with van der Waals surface area (Å²) in [6.45, 7) is 5.47. The van der Waals surface area contributed by atoms with Crippen molar-refractivity contribution in [2.45, 2.75) is 51.7 Å². The number of aromatic nitrogens is 3. The molecule has 0 spiro atoms. The molecular formula is C22H21IN4O3. The van der Waals surface area contributed by atoms with E-state index in [-0.39, 0.29) is 6.10 Å². The molecule has 3 aromatic rings. The first-order chi connectivity index (χ1) is 14.2. The van der Waals surface area contributed by atoms with Crippen LogP contribution in [0, 0.1) is 15.0 Å². The lowest BCUT2D eigenvalue weighted by molar-refractivity contribution is 0.0522. The highest BCUT2D eigenvalue weighted by Gasteiger charge is 2.25. The average Bonchev–Trinajstić information content (AvgIpc) is 3.03. The fourth-order valence-electron chi connectivity index (χ4n) is 3.57. The van der Waals surface area contributed by atoms with Crippen molar-refractivity contribution in [3.8, 4) is 11.8 Å². The topological polar surface area (TPSA) is 90.0 Å². The molecule has 2 aromatic heterocycles. The van der Waals surface area contributed by atoms with Crippen LogP contribution in [0.2, 0.25) is 0 Å². The van der Waals surface area contributed by atoms with Crippen molar-refractivity contribution >= 4 is 39.6 Å². The second-order valence-corrected chi connectivity index (χ2v) is 9.26. The van der Waals surface area contributed by atoms with Crippen LogP contribution in [-0.2, 0) is 11.2 Å². The maximum Gasteiger partial charge on any atom is 0.435 e. The third-order valence-corrected chi connectivity index (χ3v) is 5.65. The summed E-state index contributed by atoms with van der Waals surface area (Å²) in [6.07, 6.45) is 3.91. The molecule has 1 aliphatic carbocycles. The number of hydrogen-bond donors (Lipinski definition) is 0. The molecular weight excluding hydrogens is 495 g/mol. The van der Waals surface area contributed by atoms with Gasteiger partial charge in [0.15, 0.2) is 0 Å². The molecule has 2 heterocycles. The molecule has 154 valence electrons. The summed E-state index contributed by atoms with van der Waals surface area (Å²) < 4.78 is 13.7. The summed E-state index contributed by atoms with van der Waals surface area (Å²) in [5, 5.41) is 14.3. The summed E-state index contributed by atoms with van der Waals surface area (Å²) in [5.41, 5.74) is 2.65. The van der Waals surface area contributed by atoms with Gasteiger partial charge in [-0.15, -0.1) is 0 Å². The number of halogens is 1. The Hall–Kier alpha value is -2.67. The summed E-state index contributed by atoms with van der Waals surface area (Å²) in [7, 11) is 0. The molecule has 0 bridgehead atoms. The molecule has 0 saturated carbocycles. The number of fused-ring (bicyclic) bond motifs is 2. The van der Waals surface area contributed by atoms with Gasteiger partial charge in [0.2, 0.25) is 0 Å². The zero-order valence-corrected chi connectivity index (χ0v) is 19.1. The van der Waals surface area contributed by atoms with Gasteiger partial charge >= 0.3 is 6.09 Å². The van der Waals surface area contributed by atoms with Crippen molar-refractivity contribution < 1.29 is 14.3 Å². The Morgan fingerprint density at radius 2 is 2.13 bits per heavy atom. The SMILES string of the molecule is CC(C)(C)OC(=O)n1nc(I)c2cc(OC3CCCc4cc(C#N)ncc43)ccc21. The fourth-order valence-corrected chi connectivity index (χ4v) is 4.22. The maximum absolute atomic E-state index is 12.5. The Morgan fingerprint density at radius 3 is 2.87 bits per heavy atom. The summed E-state index contributed by atoms with van der Waals surface area (Å²) in [6, 6.07) is 9.51. The molecule has 8 heteroatoms. The van der Waals surface area contributed by atoms with Crippen LogP contribution >= 0.6 is 22.6 Å². The van der Waals surface area contributed by atoms with Gasteiger partial charge in [0.05, 0.1) is 5.52 Å². The van der Waals surface area contributed by atoms with E-state index < -0.39 is 11.7 Å². The summed E-state index contributed by atoms with van der Waals surface area (Å²) in [5.74, 6) is 0.700. The van der Waals surface area contributed by atoms with Gasteiger partial charge in [0, 0.05) is 17.1 Å². The molecule has 1 unspecified atom stereocenters. The van der Waals surface area contributed by atoms with Crippen molar-refractivity contribution in [2.24, 2.45) is 0 Å². The molecule has 0 radical (unpaired) electrons.